The van der Waals surface area contributed by atoms with E-state index in [1.54, 1.807) is 12.1 Å². The Labute approximate surface area is 125 Å². The van der Waals surface area contributed by atoms with Gasteiger partial charge in [-0.1, -0.05) is 19.1 Å². The van der Waals surface area contributed by atoms with Crippen LogP contribution < -0.4 is 10.1 Å². The van der Waals surface area contributed by atoms with Crippen LogP contribution in [0.5, 0.6) is 5.75 Å². The maximum absolute atomic E-state index is 12.0. The normalized spacial score (nSPS) is 14.2. The largest absolute Gasteiger partial charge is 0.435 e. The summed E-state index contributed by atoms with van der Waals surface area (Å²) in [6.07, 6.45) is 3.58. The van der Waals surface area contributed by atoms with Crippen molar-refractivity contribution in [2.75, 3.05) is 6.61 Å². The maximum atomic E-state index is 12.0. The van der Waals surface area contributed by atoms with E-state index < -0.39 is 6.61 Å². The van der Waals surface area contributed by atoms with Crippen LogP contribution >= 0.6 is 0 Å². The third kappa shape index (κ3) is 7.39. The number of halogens is 2. The van der Waals surface area contributed by atoms with Crippen LogP contribution in [-0.4, -0.2) is 30.4 Å². The van der Waals surface area contributed by atoms with E-state index in [1.807, 2.05) is 12.1 Å². The fraction of sp³-hybridized carbons (Fsp3) is 0.625. The first-order chi connectivity index (χ1) is 10.0. The first kappa shape index (κ1) is 17.9. The second-order valence-electron chi connectivity index (χ2n) is 5.25. The summed E-state index contributed by atoms with van der Waals surface area (Å²) in [6, 6.07) is 7.45. The van der Waals surface area contributed by atoms with Gasteiger partial charge >= 0.3 is 6.61 Å². The van der Waals surface area contributed by atoms with Crippen LogP contribution in [0.25, 0.3) is 0 Å². The molecule has 0 spiro atoms. The number of rotatable bonds is 10. The van der Waals surface area contributed by atoms with Gasteiger partial charge in [0.1, 0.15) is 5.75 Å². The highest BCUT2D eigenvalue weighted by atomic mass is 19.3. The summed E-state index contributed by atoms with van der Waals surface area (Å²) in [6.45, 7) is 1.64. The molecule has 2 unspecified atom stereocenters. The van der Waals surface area contributed by atoms with Gasteiger partial charge in [-0.15, -0.1) is 0 Å². The summed E-state index contributed by atoms with van der Waals surface area (Å²) < 4.78 is 28.4. The molecule has 0 saturated carbocycles. The SMILES string of the molecule is CCC(CCO)NC(C)CCc1ccc(OC(F)F)cc1. The monoisotopic (exact) mass is 301 g/mol. The van der Waals surface area contributed by atoms with Gasteiger partial charge in [0.2, 0.25) is 0 Å². The highest BCUT2D eigenvalue weighted by Crippen LogP contribution is 2.16. The smallest absolute Gasteiger partial charge is 0.387 e. The van der Waals surface area contributed by atoms with Crippen molar-refractivity contribution >= 4 is 0 Å². The highest BCUT2D eigenvalue weighted by molar-refractivity contribution is 5.27. The summed E-state index contributed by atoms with van der Waals surface area (Å²) in [5, 5.41) is 12.5. The minimum atomic E-state index is -2.78. The third-order valence-corrected chi connectivity index (χ3v) is 3.51. The summed E-state index contributed by atoms with van der Waals surface area (Å²) >= 11 is 0. The molecule has 21 heavy (non-hydrogen) atoms. The molecule has 1 aromatic carbocycles. The predicted molar refractivity (Wildman–Crippen MR) is 79.8 cm³/mol. The van der Waals surface area contributed by atoms with Crippen LogP contribution in [0.4, 0.5) is 8.78 Å². The van der Waals surface area contributed by atoms with Crippen molar-refractivity contribution in [1.82, 2.24) is 5.32 Å². The molecule has 2 N–H and O–H groups in total. The van der Waals surface area contributed by atoms with E-state index in [1.165, 1.54) is 0 Å². The highest BCUT2D eigenvalue weighted by Gasteiger charge is 2.10. The van der Waals surface area contributed by atoms with Crippen LogP contribution in [0, 0.1) is 0 Å². The number of nitrogens with one attached hydrogen (secondary N) is 1. The Hall–Kier alpha value is -1.20. The topological polar surface area (TPSA) is 41.5 Å². The zero-order valence-corrected chi connectivity index (χ0v) is 12.7. The first-order valence-electron chi connectivity index (χ1n) is 7.45. The molecule has 0 aliphatic carbocycles. The number of alkyl halides is 2. The lowest BCUT2D eigenvalue weighted by Gasteiger charge is -2.21. The van der Waals surface area contributed by atoms with Gasteiger partial charge in [-0.3, -0.25) is 0 Å². The molecule has 0 aliphatic heterocycles. The van der Waals surface area contributed by atoms with Crippen molar-refractivity contribution in [2.24, 2.45) is 0 Å². The van der Waals surface area contributed by atoms with Gasteiger partial charge in [-0.2, -0.15) is 8.78 Å². The Bertz CT molecular complexity index is 384. The summed E-state index contributed by atoms with van der Waals surface area (Å²) in [5.74, 6) is 0.189. The van der Waals surface area contributed by atoms with Gasteiger partial charge in [0.25, 0.3) is 0 Å². The maximum Gasteiger partial charge on any atom is 0.387 e. The fourth-order valence-electron chi connectivity index (χ4n) is 2.27. The van der Waals surface area contributed by atoms with Crippen LogP contribution in [0.3, 0.4) is 0 Å². The lowest BCUT2D eigenvalue weighted by atomic mass is 10.0. The van der Waals surface area contributed by atoms with Gasteiger partial charge in [0.15, 0.2) is 0 Å². The number of ether oxygens (including phenoxy) is 1. The van der Waals surface area contributed by atoms with E-state index in [0.717, 1.165) is 31.2 Å². The fourth-order valence-corrected chi connectivity index (χ4v) is 2.27. The van der Waals surface area contributed by atoms with Gasteiger partial charge in [-0.05, 0) is 50.3 Å². The minimum Gasteiger partial charge on any atom is -0.435 e. The molecule has 0 amide bonds. The second-order valence-corrected chi connectivity index (χ2v) is 5.25. The Morgan fingerprint density at radius 3 is 2.38 bits per heavy atom. The Balaban J connectivity index is 2.36. The van der Waals surface area contributed by atoms with Crippen molar-refractivity contribution < 1.29 is 18.6 Å². The third-order valence-electron chi connectivity index (χ3n) is 3.51. The molecule has 0 aromatic heterocycles. The summed E-state index contributed by atoms with van der Waals surface area (Å²) in [7, 11) is 0. The summed E-state index contributed by atoms with van der Waals surface area (Å²) in [4.78, 5) is 0. The van der Waals surface area contributed by atoms with Crippen LogP contribution in [-0.2, 0) is 6.42 Å². The van der Waals surface area contributed by atoms with Gasteiger partial charge in [-0.25, -0.2) is 0 Å². The molecule has 0 heterocycles. The molecule has 0 aliphatic rings. The van der Waals surface area contributed by atoms with E-state index in [9.17, 15) is 8.78 Å². The lowest BCUT2D eigenvalue weighted by molar-refractivity contribution is -0.0498. The van der Waals surface area contributed by atoms with E-state index >= 15 is 0 Å². The van der Waals surface area contributed by atoms with E-state index in [2.05, 4.69) is 23.9 Å². The first-order valence-corrected chi connectivity index (χ1v) is 7.45. The van der Waals surface area contributed by atoms with Gasteiger partial charge in [0.05, 0.1) is 0 Å². The number of hydrogen-bond acceptors (Lipinski definition) is 3. The number of aliphatic hydroxyl groups excluding tert-OH is 1. The van der Waals surface area contributed by atoms with Crippen molar-refractivity contribution in [3.8, 4) is 5.75 Å². The molecule has 1 rings (SSSR count). The number of hydrogen-bond donors (Lipinski definition) is 2. The molecule has 1 aromatic rings. The molecule has 3 nitrogen and oxygen atoms in total. The lowest BCUT2D eigenvalue weighted by Crippen LogP contribution is -2.37. The molecule has 0 fully saturated rings. The van der Waals surface area contributed by atoms with E-state index in [4.69, 9.17) is 5.11 Å². The summed E-state index contributed by atoms with van der Waals surface area (Å²) in [5.41, 5.74) is 1.10. The van der Waals surface area contributed by atoms with Gasteiger partial charge in [0, 0.05) is 18.7 Å². The molecular weight excluding hydrogens is 276 g/mol. The quantitative estimate of drug-likeness (QED) is 0.696. The van der Waals surface area contributed by atoms with Crippen molar-refractivity contribution in [1.29, 1.82) is 0 Å². The molecule has 2 atom stereocenters. The van der Waals surface area contributed by atoms with Crippen molar-refractivity contribution in [3.63, 3.8) is 0 Å². The molecule has 0 saturated heterocycles. The minimum absolute atomic E-state index is 0.189. The van der Waals surface area contributed by atoms with Crippen molar-refractivity contribution in [2.45, 2.75) is 58.2 Å². The number of aliphatic hydroxyl groups is 1. The Morgan fingerprint density at radius 1 is 1.19 bits per heavy atom. The van der Waals surface area contributed by atoms with Crippen LogP contribution in [0.1, 0.15) is 38.7 Å². The van der Waals surface area contributed by atoms with E-state index in [0.29, 0.717) is 12.1 Å². The molecule has 5 heteroatoms. The number of aryl methyl sites for hydroxylation is 1. The van der Waals surface area contributed by atoms with Crippen LogP contribution in [0.2, 0.25) is 0 Å². The number of benzene rings is 1. The predicted octanol–water partition coefficient (Wildman–Crippen LogP) is 3.36. The van der Waals surface area contributed by atoms with Crippen molar-refractivity contribution in [3.05, 3.63) is 29.8 Å². The standard InChI is InChI=1S/C16H25F2NO2/c1-3-14(10-11-20)19-12(2)4-5-13-6-8-15(9-7-13)21-16(17)18/h6-9,12,14,16,19-20H,3-5,10-11H2,1-2H3. The zero-order valence-electron chi connectivity index (χ0n) is 12.7. The van der Waals surface area contributed by atoms with E-state index in [-0.39, 0.29) is 12.4 Å². The molecule has 120 valence electrons. The molecular formula is C16H25F2NO2. The Morgan fingerprint density at radius 2 is 1.86 bits per heavy atom. The molecule has 0 bridgehead atoms. The average Bonchev–Trinajstić information content (AvgIpc) is 2.45. The average molecular weight is 301 g/mol. The van der Waals surface area contributed by atoms with Crippen LogP contribution in [0.15, 0.2) is 24.3 Å². The second kappa shape index (κ2) is 9.68. The molecule has 0 radical (unpaired) electrons. The zero-order chi connectivity index (χ0) is 15.7. The Kier molecular flexibility index (Phi) is 8.23. The van der Waals surface area contributed by atoms with Gasteiger partial charge < -0.3 is 15.2 Å².